The van der Waals surface area contributed by atoms with Gasteiger partial charge in [0.2, 0.25) is 5.91 Å². The quantitative estimate of drug-likeness (QED) is 0.259. The Morgan fingerprint density at radius 1 is 1.14 bits per heavy atom. The molecule has 10 nitrogen and oxygen atoms in total. The van der Waals surface area contributed by atoms with Crippen LogP contribution in [0.3, 0.4) is 0 Å². The molecular formula is C25H35N3O7. The van der Waals surface area contributed by atoms with Crippen LogP contribution in [0.25, 0.3) is 0 Å². The summed E-state index contributed by atoms with van der Waals surface area (Å²) >= 11 is 0. The Labute approximate surface area is 206 Å². The highest BCUT2D eigenvalue weighted by Gasteiger charge is 2.35. The third kappa shape index (κ3) is 9.66. The molecule has 0 aliphatic heterocycles. The Kier molecular flexibility index (Phi) is 11.2. The Morgan fingerprint density at radius 2 is 1.74 bits per heavy atom. The van der Waals surface area contributed by atoms with E-state index in [9.17, 15) is 24.3 Å². The van der Waals surface area contributed by atoms with Gasteiger partial charge in [0.1, 0.15) is 17.7 Å². The van der Waals surface area contributed by atoms with Gasteiger partial charge in [-0.15, -0.1) is 0 Å². The van der Waals surface area contributed by atoms with Crippen LogP contribution in [0.2, 0.25) is 0 Å². The number of aliphatic hydroxyl groups excluding tert-OH is 1. The van der Waals surface area contributed by atoms with Gasteiger partial charge in [-0.1, -0.05) is 35.7 Å². The second-order valence-corrected chi connectivity index (χ2v) is 8.89. The molecule has 1 aromatic carbocycles. The van der Waals surface area contributed by atoms with Crippen molar-refractivity contribution in [2.24, 2.45) is 0 Å². The van der Waals surface area contributed by atoms with Gasteiger partial charge in [0.15, 0.2) is 0 Å². The lowest BCUT2D eigenvalue weighted by Crippen LogP contribution is -2.53. The monoisotopic (exact) mass is 489 g/mol. The SMILES string of the molecule is C#CN(C(=O)C(CO)NC(=O)OC(C)(C)C)C(C(=O)NCCC(=O)OCC)c1cc(C)cc(C)c1. The molecule has 0 aromatic heterocycles. The van der Waals surface area contributed by atoms with Crippen LogP contribution in [0, 0.1) is 26.3 Å². The van der Waals surface area contributed by atoms with Crippen molar-refractivity contribution in [1.29, 1.82) is 0 Å². The maximum absolute atomic E-state index is 13.3. The third-order valence-electron chi connectivity index (χ3n) is 4.55. The average molecular weight is 490 g/mol. The van der Waals surface area contributed by atoms with Crippen LogP contribution < -0.4 is 10.6 Å². The summed E-state index contributed by atoms with van der Waals surface area (Å²) in [6.07, 6.45) is 4.65. The number of carbonyl (C=O) groups excluding carboxylic acids is 4. The van der Waals surface area contributed by atoms with E-state index in [-0.39, 0.29) is 19.6 Å². The molecule has 1 aromatic rings. The van der Waals surface area contributed by atoms with Crippen molar-refractivity contribution in [3.8, 4) is 12.5 Å². The van der Waals surface area contributed by atoms with Crippen molar-refractivity contribution in [1.82, 2.24) is 15.5 Å². The number of carbonyl (C=O) groups is 4. The van der Waals surface area contributed by atoms with Crippen molar-refractivity contribution in [2.75, 3.05) is 19.8 Å². The summed E-state index contributed by atoms with van der Waals surface area (Å²) in [5.74, 6) is -2.01. The standard InChI is InChI=1S/C25H35N3O7/c1-8-28(23(32)19(15-29)27-24(33)35-25(5,6)7)21(18-13-16(3)12-17(4)14-18)22(31)26-11-10-20(30)34-9-2/h1,12-14,19,21,29H,9-11,15H2,2-7H3,(H,26,31)(H,27,33). The van der Waals surface area contributed by atoms with Crippen LogP contribution in [0.5, 0.6) is 0 Å². The molecule has 35 heavy (non-hydrogen) atoms. The van der Waals surface area contributed by atoms with E-state index in [1.165, 1.54) is 0 Å². The maximum atomic E-state index is 13.3. The van der Waals surface area contributed by atoms with Crippen LogP contribution in [0.1, 0.15) is 56.8 Å². The van der Waals surface area contributed by atoms with Gasteiger partial charge in [-0.2, -0.15) is 0 Å². The molecule has 0 radical (unpaired) electrons. The highest BCUT2D eigenvalue weighted by atomic mass is 16.6. The van der Waals surface area contributed by atoms with Crippen LogP contribution in [0.15, 0.2) is 18.2 Å². The van der Waals surface area contributed by atoms with E-state index in [0.29, 0.717) is 5.56 Å². The Bertz CT molecular complexity index is 943. The number of alkyl carbamates (subject to hydrolysis) is 1. The van der Waals surface area contributed by atoms with E-state index in [4.69, 9.17) is 15.9 Å². The topological polar surface area (TPSA) is 134 Å². The molecule has 2 atom stereocenters. The van der Waals surface area contributed by atoms with Gasteiger partial charge in [-0.3, -0.25) is 19.3 Å². The van der Waals surface area contributed by atoms with Crippen molar-refractivity contribution < 1.29 is 33.8 Å². The highest BCUT2D eigenvalue weighted by Crippen LogP contribution is 2.24. The predicted octanol–water partition coefficient (Wildman–Crippen LogP) is 1.72. The lowest BCUT2D eigenvalue weighted by Gasteiger charge is -2.30. The molecule has 3 amide bonds. The fourth-order valence-corrected chi connectivity index (χ4v) is 3.27. The molecule has 0 aliphatic rings. The van der Waals surface area contributed by atoms with E-state index >= 15 is 0 Å². The van der Waals surface area contributed by atoms with Crippen molar-refractivity contribution >= 4 is 23.9 Å². The van der Waals surface area contributed by atoms with Gasteiger partial charge >= 0.3 is 12.1 Å². The molecule has 0 heterocycles. The smallest absolute Gasteiger partial charge is 0.408 e. The molecule has 0 fully saturated rings. The summed E-state index contributed by atoms with van der Waals surface area (Å²) in [5.41, 5.74) is 1.26. The zero-order valence-corrected chi connectivity index (χ0v) is 21.1. The average Bonchev–Trinajstić information content (AvgIpc) is 2.73. The lowest BCUT2D eigenvalue weighted by molar-refractivity contribution is -0.143. The predicted molar refractivity (Wildman–Crippen MR) is 129 cm³/mol. The highest BCUT2D eigenvalue weighted by molar-refractivity contribution is 5.93. The number of rotatable bonds is 10. The molecule has 1 rings (SSSR count). The summed E-state index contributed by atoms with van der Waals surface area (Å²) in [4.78, 5) is 51.1. The van der Waals surface area contributed by atoms with Crippen LogP contribution in [-0.2, 0) is 23.9 Å². The molecule has 3 N–H and O–H groups in total. The fraction of sp³-hybridized carbons (Fsp3) is 0.520. The van der Waals surface area contributed by atoms with E-state index in [1.807, 2.05) is 19.9 Å². The van der Waals surface area contributed by atoms with E-state index in [1.54, 1.807) is 39.8 Å². The molecule has 0 spiro atoms. The Hall–Kier alpha value is -3.58. The number of benzene rings is 1. The summed E-state index contributed by atoms with van der Waals surface area (Å²) in [5, 5.41) is 14.7. The van der Waals surface area contributed by atoms with Crippen LogP contribution in [-0.4, -0.2) is 65.3 Å². The molecule has 0 saturated heterocycles. The largest absolute Gasteiger partial charge is 0.466 e. The zero-order valence-electron chi connectivity index (χ0n) is 21.1. The molecular weight excluding hydrogens is 454 g/mol. The molecule has 0 saturated carbocycles. The van der Waals surface area contributed by atoms with Crippen molar-refractivity contribution in [3.05, 3.63) is 34.9 Å². The number of nitrogens with one attached hydrogen (secondary N) is 2. The normalized spacial score (nSPS) is 12.5. The van der Waals surface area contributed by atoms with Gasteiger partial charge in [0, 0.05) is 12.6 Å². The molecule has 192 valence electrons. The summed E-state index contributed by atoms with van der Waals surface area (Å²) in [6, 6.07) is 4.76. The minimum Gasteiger partial charge on any atom is -0.466 e. The Balaban J connectivity index is 3.25. The number of hydrogen-bond donors (Lipinski definition) is 3. The van der Waals surface area contributed by atoms with E-state index in [2.05, 4.69) is 16.7 Å². The van der Waals surface area contributed by atoms with Crippen LogP contribution in [0.4, 0.5) is 4.79 Å². The maximum Gasteiger partial charge on any atom is 0.408 e. The first-order valence-corrected chi connectivity index (χ1v) is 11.2. The summed E-state index contributed by atoms with van der Waals surface area (Å²) < 4.78 is 10.0. The van der Waals surface area contributed by atoms with Gasteiger partial charge < -0.3 is 25.2 Å². The lowest BCUT2D eigenvalue weighted by atomic mass is 9.99. The fourth-order valence-electron chi connectivity index (χ4n) is 3.27. The number of esters is 1. The van der Waals surface area contributed by atoms with Gasteiger partial charge in [-0.05, 0) is 47.1 Å². The van der Waals surface area contributed by atoms with E-state index in [0.717, 1.165) is 16.0 Å². The summed E-state index contributed by atoms with van der Waals surface area (Å²) in [6.45, 7) is 9.66. The molecule has 2 unspecified atom stereocenters. The molecule has 10 heteroatoms. The molecule has 0 aliphatic carbocycles. The summed E-state index contributed by atoms with van der Waals surface area (Å²) in [7, 11) is 0. The number of nitrogens with zero attached hydrogens (tertiary/aromatic N) is 1. The van der Waals surface area contributed by atoms with Gasteiger partial charge in [-0.25, -0.2) is 4.79 Å². The van der Waals surface area contributed by atoms with Crippen molar-refractivity contribution in [3.63, 3.8) is 0 Å². The Morgan fingerprint density at radius 3 is 2.23 bits per heavy atom. The number of amides is 3. The first kappa shape index (κ1) is 29.5. The number of terminal acetylenes is 1. The van der Waals surface area contributed by atoms with Gasteiger partial charge in [0.05, 0.1) is 19.6 Å². The minimum atomic E-state index is -1.46. The number of aliphatic hydroxyl groups is 1. The zero-order chi connectivity index (χ0) is 26.8. The second kappa shape index (κ2) is 13.3. The number of ether oxygens (including phenoxy) is 2. The van der Waals surface area contributed by atoms with E-state index < -0.39 is 48.2 Å². The van der Waals surface area contributed by atoms with Crippen LogP contribution >= 0.6 is 0 Å². The first-order chi connectivity index (χ1) is 16.3. The number of hydrogen-bond acceptors (Lipinski definition) is 7. The number of aryl methyl sites for hydroxylation is 2. The first-order valence-electron chi connectivity index (χ1n) is 11.2. The van der Waals surface area contributed by atoms with Crippen molar-refractivity contribution in [2.45, 2.75) is 65.6 Å². The third-order valence-corrected chi connectivity index (χ3v) is 4.55. The minimum absolute atomic E-state index is 0.0366. The molecule has 0 bridgehead atoms. The van der Waals surface area contributed by atoms with Gasteiger partial charge in [0.25, 0.3) is 5.91 Å². The second-order valence-electron chi connectivity index (χ2n) is 8.89.